The van der Waals surface area contributed by atoms with Gasteiger partial charge in [0.05, 0.1) is 6.10 Å². The average molecular weight is 305 g/mol. The lowest BCUT2D eigenvalue weighted by Gasteiger charge is -2.31. The largest absolute Gasteiger partial charge is 0.365 e. The van der Waals surface area contributed by atoms with Crippen LogP contribution in [0.3, 0.4) is 0 Å². The van der Waals surface area contributed by atoms with Gasteiger partial charge in [-0.2, -0.15) is 0 Å². The van der Waals surface area contributed by atoms with E-state index in [0.29, 0.717) is 12.0 Å². The first-order valence-corrected chi connectivity index (χ1v) is 7.87. The summed E-state index contributed by atoms with van der Waals surface area (Å²) in [6.45, 7) is 6.18. The van der Waals surface area contributed by atoms with E-state index >= 15 is 0 Å². The molecule has 0 spiro atoms. The second-order valence-corrected chi connectivity index (χ2v) is 6.02. The quantitative estimate of drug-likeness (QED) is 0.819. The molecule has 2 aliphatic rings. The van der Waals surface area contributed by atoms with Crippen LogP contribution in [0.1, 0.15) is 52.4 Å². The lowest BCUT2D eigenvalue weighted by Crippen LogP contribution is -2.53. The van der Waals surface area contributed by atoms with Gasteiger partial charge in [-0.05, 0) is 38.1 Å². The van der Waals surface area contributed by atoms with Crippen molar-refractivity contribution in [2.45, 2.75) is 70.6 Å². The summed E-state index contributed by atoms with van der Waals surface area (Å²) in [4.78, 5) is 12.3. The number of nitrogens with one attached hydrogen (secondary N) is 2. The van der Waals surface area contributed by atoms with Gasteiger partial charge in [0, 0.05) is 12.6 Å². The smallest absolute Gasteiger partial charge is 0.249 e. The van der Waals surface area contributed by atoms with Gasteiger partial charge in [-0.3, -0.25) is 4.79 Å². The van der Waals surface area contributed by atoms with Gasteiger partial charge in [0.15, 0.2) is 0 Å². The fourth-order valence-corrected chi connectivity index (χ4v) is 3.06. The van der Waals surface area contributed by atoms with E-state index in [9.17, 15) is 4.79 Å². The van der Waals surface area contributed by atoms with Crippen LogP contribution in [-0.2, 0) is 9.53 Å². The van der Waals surface area contributed by atoms with Gasteiger partial charge in [0.25, 0.3) is 0 Å². The Balaban J connectivity index is 0.00000200. The minimum absolute atomic E-state index is 0. The number of hydrogen-bond acceptors (Lipinski definition) is 3. The average Bonchev–Trinajstić information content (AvgIpc) is 2.91. The second-order valence-electron chi connectivity index (χ2n) is 6.02. The number of amides is 1. The van der Waals surface area contributed by atoms with Gasteiger partial charge in [0.1, 0.15) is 6.10 Å². The Morgan fingerprint density at radius 2 is 2.05 bits per heavy atom. The van der Waals surface area contributed by atoms with Crippen molar-refractivity contribution < 1.29 is 9.53 Å². The monoisotopic (exact) mass is 304 g/mol. The van der Waals surface area contributed by atoms with E-state index in [2.05, 4.69) is 17.6 Å². The zero-order valence-corrected chi connectivity index (χ0v) is 13.5. The van der Waals surface area contributed by atoms with Gasteiger partial charge in [-0.1, -0.05) is 26.7 Å². The molecule has 1 aliphatic heterocycles. The Bertz CT molecular complexity index is 296. The van der Waals surface area contributed by atoms with Crippen LogP contribution in [0.15, 0.2) is 0 Å². The summed E-state index contributed by atoms with van der Waals surface area (Å²) >= 11 is 0. The van der Waals surface area contributed by atoms with E-state index < -0.39 is 0 Å². The van der Waals surface area contributed by atoms with Crippen molar-refractivity contribution in [3.05, 3.63) is 0 Å². The van der Waals surface area contributed by atoms with E-state index in [-0.39, 0.29) is 30.5 Å². The van der Waals surface area contributed by atoms with Crippen molar-refractivity contribution in [1.82, 2.24) is 10.6 Å². The van der Waals surface area contributed by atoms with E-state index in [1.807, 2.05) is 6.92 Å². The Morgan fingerprint density at radius 3 is 2.65 bits per heavy atom. The molecule has 2 rings (SSSR count). The minimum atomic E-state index is -0.266. The van der Waals surface area contributed by atoms with E-state index in [1.54, 1.807) is 0 Å². The van der Waals surface area contributed by atoms with E-state index in [4.69, 9.17) is 4.74 Å². The summed E-state index contributed by atoms with van der Waals surface area (Å²) in [5.41, 5.74) is 0. The molecule has 0 bridgehead atoms. The molecule has 3 unspecified atom stereocenters. The molecule has 1 amide bonds. The number of carbonyl (C=O) groups excluding carboxylic acids is 1. The predicted molar refractivity (Wildman–Crippen MR) is 83.2 cm³/mol. The summed E-state index contributed by atoms with van der Waals surface area (Å²) in [5.74, 6) is 0.629. The molecule has 2 N–H and O–H groups in total. The zero-order chi connectivity index (χ0) is 13.7. The first-order valence-electron chi connectivity index (χ1n) is 7.87. The van der Waals surface area contributed by atoms with E-state index in [0.717, 1.165) is 38.8 Å². The van der Waals surface area contributed by atoms with Crippen LogP contribution in [-0.4, -0.2) is 37.2 Å². The van der Waals surface area contributed by atoms with Crippen LogP contribution in [0.25, 0.3) is 0 Å². The van der Waals surface area contributed by atoms with Gasteiger partial charge in [-0.25, -0.2) is 0 Å². The third kappa shape index (κ3) is 4.90. The lowest BCUT2D eigenvalue weighted by molar-refractivity contribution is -0.138. The highest BCUT2D eigenvalue weighted by Crippen LogP contribution is 2.23. The molecule has 0 aromatic carbocycles. The summed E-state index contributed by atoms with van der Waals surface area (Å²) < 4.78 is 5.97. The molecule has 1 saturated carbocycles. The molecule has 1 saturated heterocycles. The molecular weight excluding hydrogens is 276 g/mol. The van der Waals surface area contributed by atoms with E-state index in [1.165, 1.54) is 12.8 Å². The van der Waals surface area contributed by atoms with Crippen LogP contribution in [0.4, 0.5) is 0 Å². The minimum Gasteiger partial charge on any atom is -0.365 e. The normalized spacial score (nSPS) is 28.7. The van der Waals surface area contributed by atoms with Crippen molar-refractivity contribution in [1.29, 1.82) is 0 Å². The molecule has 4 nitrogen and oxygen atoms in total. The highest BCUT2D eigenvalue weighted by Gasteiger charge is 2.28. The van der Waals surface area contributed by atoms with Crippen molar-refractivity contribution >= 4 is 18.3 Å². The summed E-state index contributed by atoms with van der Waals surface area (Å²) in [7, 11) is 0. The number of hydrogen-bond donors (Lipinski definition) is 2. The third-order valence-electron chi connectivity index (χ3n) is 4.48. The number of rotatable bonds is 5. The molecule has 5 heteroatoms. The van der Waals surface area contributed by atoms with Crippen LogP contribution >= 0.6 is 12.4 Å². The summed E-state index contributed by atoms with van der Waals surface area (Å²) in [6.07, 6.45) is 6.65. The molecule has 3 atom stereocenters. The van der Waals surface area contributed by atoms with Crippen molar-refractivity contribution in [3.8, 4) is 0 Å². The lowest BCUT2D eigenvalue weighted by atomic mass is 9.94. The third-order valence-corrected chi connectivity index (χ3v) is 4.48. The zero-order valence-electron chi connectivity index (χ0n) is 12.7. The molecule has 118 valence electrons. The topological polar surface area (TPSA) is 50.4 Å². The molecule has 1 heterocycles. The molecule has 1 aliphatic carbocycles. The van der Waals surface area contributed by atoms with Gasteiger partial charge in [0.2, 0.25) is 5.91 Å². The SMILES string of the molecule is CCC(OC1CCCC1)C(=O)NC1CNCCC1C.Cl. The Morgan fingerprint density at radius 1 is 1.35 bits per heavy atom. The maximum absolute atomic E-state index is 12.3. The molecule has 20 heavy (non-hydrogen) atoms. The first kappa shape index (κ1) is 17.7. The van der Waals surface area contributed by atoms with Crippen LogP contribution < -0.4 is 10.6 Å². The maximum atomic E-state index is 12.3. The van der Waals surface area contributed by atoms with Crippen LogP contribution in [0, 0.1) is 5.92 Å². The molecule has 0 aromatic heterocycles. The number of ether oxygens (including phenoxy) is 1. The summed E-state index contributed by atoms with van der Waals surface area (Å²) in [5, 5.41) is 6.51. The number of carbonyl (C=O) groups is 1. The van der Waals surface area contributed by atoms with Gasteiger partial charge in [-0.15, -0.1) is 12.4 Å². The van der Waals surface area contributed by atoms with Crippen molar-refractivity contribution in [3.63, 3.8) is 0 Å². The van der Waals surface area contributed by atoms with Gasteiger partial charge < -0.3 is 15.4 Å². The van der Waals surface area contributed by atoms with Crippen LogP contribution in [0.5, 0.6) is 0 Å². The second kappa shape index (κ2) is 8.85. The maximum Gasteiger partial charge on any atom is 0.249 e. The fourth-order valence-electron chi connectivity index (χ4n) is 3.06. The van der Waals surface area contributed by atoms with Crippen molar-refractivity contribution in [2.75, 3.05) is 13.1 Å². The number of piperidine rings is 1. The standard InChI is InChI=1S/C15H28N2O2.ClH/c1-3-14(19-12-6-4-5-7-12)15(18)17-13-10-16-9-8-11(13)2;/h11-14,16H,3-10H2,1-2H3,(H,17,18);1H. The Kier molecular flexibility index (Phi) is 7.85. The Hall–Kier alpha value is -0.320. The molecular formula is C15H29ClN2O2. The van der Waals surface area contributed by atoms with Crippen LogP contribution in [0.2, 0.25) is 0 Å². The first-order chi connectivity index (χ1) is 9.20. The summed E-state index contributed by atoms with van der Waals surface area (Å²) in [6, 6.07) is 0.252. The van der Waals surface area contributed by atoms with Crippen molar-refractivity contribution in [2.24, 2.45) is 5.92 Å². The molecule has 2 fully saturated rings. The van der Waals surface area contributed by atoms with Gasteiger partial charge >= 0.3 is 0 Å². The predicted octanol–water partition coefficient (Wildman–Crippen LogP) is 2.26. The fraction of sp³-hybridized carbons (Fsp3) is 0.933. The Labute approximate surface area is 128 Å². The molecule has 0 aromatic rings. The number of halogens is 1. The highest BCUT2D eigenvalue weighted by molar-refractivity contribution is 5.85. The highest BCUT2D eigenvalue weighted by atomic mass is 35.5. The molecule has 0 radical (unpaired) electrons.